The highest BCUT2D eigenvalue weighted by Crippen LogP contribution is 2.50. The van der Waals surface area contributed by atoms with Crippen molar-refractivity contribution in [3.8, 4) is 11.1 Å². The molecule has 0 fully saturated rings. The average molecular weight is 453 g/mol. The number of hydrogen-bond acceptors (Lipinski definition) is 0. The fraction of sp³-hybridized carbons (Fsp3) is 0. The lowest BCUT2D eigenvalue weighted by Gasteiger charge is -2.22. The third kappa shape index (κ3) is 2.12. The molecule has 0 aliphatic carbocycles. The molecule has 9 aromatic rings. The summed E-state index contributed by atoms with van der Waals surface area (Å²) in [5, 5.41) is 19.1. The topological polar surface area (TPSA) is 0 Å². The zero-order valence-electron chi connectivity index (χ0n) is 19.5. The molecule has 0 heteroatoms. The van der Waals surface area contributed by atoms with Gasteiger partial charge in [-0.15, -0.1) is 0 Å². The summed E-state index contributed by atoms with van der Waals surface area (Å²) in [5.41, 5.74) is 2.57. The van der Waals surface area contributed by atoms with Crippen molar-refractivity contribution in [1.29, 1.82) is 0 Å². The third-order valence-electron chi connectivity index (χ3n) is 8.34. The van der Waals surface area contributed by atoms with E-state index < -0.39 is 0 Å². The number of rotatable bonds is 1. The van der Waals surface area contributed by atoms with E-state index in [1.807, 2.05) is 0 Å². The SMILES string of the molecule is c1ccc(-c2cccc3c4ccc5c6ccccc6c6cccc7c8cccc(c23)c8c4c5c67)cc1. The molecule has 0 bridgehead atoms. The lowest BCUT2D eigenvalue weighted by molar-refractivity contribution is 1.67. The van der Waals surface area contributed by atoms with E-state index in [4.69, 9.17) is 0 Å². The van der Waals surface area contributed by atoms with Crippen LogP contribution < -0.4 is 0 Å². The summed E-state index contributed by atoms with van der Waals surface area (Å²) in [6.07, 6.45) is 0. The lowest BCUT2D eigenvalue weighted by atomic mass is 9.81. The average Bonchev–Trinajstić information content (AvgIpc) is 2.96. The van der Waals surface area contributed by atoms with Crippen LogP contribution in [-0.4, -0.2) is 0 Å². The molecule has 0 nitrogen and oxygen atoms in total. The van der Waals surface area contributed by atoms with Crippen LogP contribution in [0.5, 0.6) is 0 Å². The van der Waals surface area contributed by atoms with E-state index in [-0.39, 0.29) is 0 Å². The Morgan fingerprint density at radius 3 is 1.31 bits per heavy atom. The quantitative estimate of drug-likeness (QED) is 0.172. The second-order valence-electron chi connectivity index (χ2n) is 10.0. The van der Waals surface area contributed by atoms with Gasteiger partial charge in [-0.2, -0.15) is 0 Å². The molecule has 9 aromatic carbocycles. The van der Waals surface area contributed by atoms with Gasteiger partial charge in [0, 0.05) is 0 Å². The fourth-order valence-electron chi connectivity index (χ4n) is 6.97. The van der Waals surface area contributed by atoms with Crippen LogP contribution in [-0.2, 0) is 0 Å². The van der Waals surface area contributed by atoms with Crippen molar-refractivity contribution in [2.24, 2.45) is 0 Å². The Morgan fingerprint density at radius 2 is 0.639 bits per heavy atom. The van der Waals surface area contributed by atoms with Crippen LogP contribution in [0.25, 0.3) is 86.5 Å². The summed E-state index contributed by atoms with van der Waals surface area (Å²) in [5.74, 6) is 0. The van der Waals surface area contributed by atoms with Gasteiger partial charge in [0.25, 0.3) is 0 Å². The van der Waals surface area contributed by atoms with E-state index >= 15 is 0 Å². The largest absolute Gasteiger partial charge is 0.0622 e. The van der Waals surface area contributed by atoms with Gasteiger partial charge >= 0.3 is 0 Å². The Balaban J connectivity index is 1.67. The summed E-state index contributed by atoms with van der Waals surface area (Å²) < 4.78 is 0. The molecular formula is C36H20. The van der Waals surface area contributed by atoms with E-state index in [2.05, 4.69) is 121 Å². The maximum absolute atomic E-state index is 2.37. The van der Waals surface area contributed by atoms with Gasteiger partial charge in [-0.1, -0.05) is 121 Å². The van der Waals surface area contributed by atoms with Gasteiger partial charge in [-0.25, -0.2) is 0 Å². The van der Waals surface area contributed by atoms with Gasteiger partial charge in [0.05, 0.1) is 0 Å². The van der Waals surface area contributed by atoms with Gasteiger partial charge in [0.15, 0.2) is 0 Å². The first-order valence-corrected chi connectivity index (χ1v) is 12.6. The molecule has 0 saturated heterocycles. The van der Waals surface area contributed by atoms with Crippen molar-refractivity contribution in [1.82, 2.24) is 0 Å². The third-order valence-corrected chi connectivity index (χ3v) is 8.34. The molecule has 0 unspecified atom stereocenters. The van der Waals surface area contributed by atoms with Crippen molar-refractivity contribution in [2.45, 2.75) is 0 Å². The van der Waals surface area contributed by atoms with Crippen LogP contribution >= 0.6 is 0 Å². The van der Waals surface area contributed by atoms with Crippen LogP contribution in [0.1, 0.15) is 0 Å². The number of fused-ring (bicyclic) bond motifs is 7. The standard InChI is InChI=1S/C36H20/c1-2-9-21(10-3-1)22-13-6-15-26-30-20-19-29-24-12-5-4-11-23(24)25-14-7-16-27-28-17-8-18-31(32(22)26)34(28)36(30)35(29)33(25)27/h1-20H. The van der Waals surface area contributed by atoms with Crippen LogP contribution in [0.15, 0.2) is 121 Å². The second-order valence-corrected chi connectivity index (χ2v) is 10.0. The minimum atomic E-state index is 1.26. The highest BCUT2D eigenvalue weighted by atomic mass is 14.2. The molecule has 0 spiro atoms. The molecule has 0 aliphatic rings. The summed E-state index contributed by atoms with van der Waals surface area (Å²) in [6, 6.07) is 45.0. The lowest BCUT2D eigenvalue weighted by Crippen LogP contribution is -1.93. The van der Waals surface area contributed by atoms with Crippen molar-refractivity contribution in [3.63, 3.8) is 0 Å². The van der Waals surface area contributed by atoms with Crippen molar-refractivity contribution >= 4 is 75.4 Å². The van der Waals surface area contributed by atoms with Crippen molar-refractivity contribution < 1.29 is 0 Å². The van der Waals surface area contributed by atoms with Crippen molar-refractivity contribution in [2.75, 3.05) is 0 Å². The predicted octanol–water partition coefficient (Wildman–Crippen LogP) is 10.3. The summed E-state index contributed by atoms with van der Waals surface area (Å²) in [4.78, 5) is 0. The molecule has 0 aliphatic heterocycles. The Morgan fingerprint density at radius 1 is 0.222 bits per heavy atom. The second kappa shape index (κ2) is 6.50. The fourth-order valence-corrected chi connectivity index (χ4v) is 6.97. The first kappa shape index (κ1) is 18.6. The molecule has 0 saturated carbocycles. The highest BCUT2D eigenvalue weighted by molar-refractivity contribution is 6.47. The van der Waals surface area contributed by atoms with E-state index in [9.17, 15) is 0 Å². The minimum Gasteiger partial charge on any atom is -0.0622 e. The molecule has 9 rings (SSSR count). The van der Waals surface area contributed by atoms with Crippen LogP contribution in [0.4, 0.5) is 0 Å². The molecule has 0 heterocycles. The number of benzene rings is 9. The number of hydrogen-bond donors (Lipinski definition) is 0. The Kier molecular flexibility index (Phi) is 3.36. The van der Waals surface area contributed by atoms with Gasteiger partial charge < -0.3 is 0 Å². The predicted molar refractivity (Wildman–Crippen MR) is 157 cm³/mol. The van der Waals surface area contributed by atoms with Crippen LogP contribution in [0.3, 0.4) is 0 Å². The summed E-state index contributed by atoms with van der Waals surface area (Å²) in [7, 11) is 0. The monoisotopic (exact) mass is 452 g/mol. The Bertz CT molecular complexity index is 2290. The molecule has 164 valence electrons. The zero-order chi connectivity index (χ0) is 23.4. The van der Waals surface area contributed by atoms with Crippen molar-refractivity contribution in [3.05, 3.63) is 121 Å². The normalized spacial score (nSPS) is 12.4. The van der Waals surface area contributed by atoms with Gasteiger partial charge in [0.2, 0.25) is 0 Å². The Hall–Kier alpha value is -4.68. The molecule has 0 radical (unpaired) electrons. The molecule has 0 N–H and O–H groups in total. The molecule has 0 aromatic heterocycles. The van der Waals surface area contributed by atoms with E-state index in [0.717, 1.165) is 0 Å². The zero-order valence-corrected chi connectivity index (χ0v) is 19.5. The maximum atomic E-state index is 2.37. The molecule has 36 heavy (non-hydrogen) atoms. The van der Waals surface area contributed by atoms with Gasteiger partial charge in [0.1, 0.15) is 0 Å². The first-order chi connectivity index (χ1) is 17.9. The van der Waals surface area contributed by atoms with E-state index in [1.54, 1.807) is 0 Å². The molecular weight excluding hydrogens is 432 g/mol. The maximum Gasteiger partial charge on any atom is -0.000740 e. The van der Waals surface area contributed by atoms with Crippen LogP contribution in [0.2, 0.25) is 0 Å². The highest BCUT2D eigenvalue weighted by Gasteiger charge is 2.22. The van der Waals surface area contributed by atoms with E-state index in [0.29, 0.717) is 0 Å². The first-order valence-electron chi connectivity index (χ1n) is 12.6. The smallest absolute Gasteiger partial charge is 0.000740 e. The van der Waals surface area contributed by atoms with Gasteiger partial charge in [-0.3, -0.25) is 0 Å². The summed E-state index contributed by atoms with van der Waals surface area (Å²) >= 11 is 0. The van der Waals surface area contributed by atoms with Gasteiger partial charge in [-0.05, 0) is 86.5 Å². The molecule has 0 atom stereocenters. The Labute approximate surface area is 207 Å². The van der Waals surface area contributed by atoms with Crippen LogP contribution in [0, 0.1) is 0 Å². The minimum absolute atomic E-state index is 1.26. The summed E-state index contributed by atoms with van der Waals surface area (Å²) in [6.45, 7) is 0. The molecule has 0 amide bonds. The van der Waals surface area contributed by atoms with E-state index in [1.165, 1.54) is 86.5 Å².